The molecule has 1 aliphatic heterocycles. The summed E-state index contributed by atoms with van der Waals surface area (Å²) in [6.45, 7) is 4.67. The van der Waals surface area contributed by atoms with Crippen molar-refractivity contribution in [3.8, 4) is 5.75 Å². The van der Waals surface area contributed by atoms with Gasteiger partial charge in [-0.3, -0.25) is 0 Å². The van der Waals surface area contributed by atoms with Gasteiger partial charge in [0.1, 0.15) is 12.4 Å². The highest BCUT2D eigenvalue weighted by molar-refractivity contribution is 7.89. The van der Waals surface area contributed by atoms with Gasteiger partial charge in [0.05, 0.1) is 4.90 Å². The summed E-state index contributed by atoms with van der Waals surface area (Å²) in [5, 5.41) is 0. The Bertz CT molecular complexity index is 559. The Morgan fingerprint density at radius 1 is 1.29 bits per heavy atom. The lowest BCUT2D eigenvalue weighted by molar-refractivity contribution is 0.159. The van der Waals surface area contributed by atoms with Crippen LogP contribution in [0.1, 0.15) is 6.92 Å². The molecule has 2 rings (SSSR count). The smallest absolute Gasteiger partial charge is 0.243 e. The first-order valence-electron chi connectivity index (χ1n) is 7.08. The van der Waals surface area contributed by atoms with Crippen molar-refractivity contribution < 1.29 is 13.2 Å². The number of rotatable bonds is 5. The molecule has 0 radical (unpaired) electrons. The Morgan fingerprint density at radius 3 is 2.52 bits per heavy atom. The molecule has 1 aliphatic rings. The first kappa shape index (κ1) is 16.2. The van der Waals surface area contributed by atoms with Crippen LogP contribution in [0.25, 0.3) is 0 Å². The van der Waals surface area contributed by atoms with Crippen LogP contribution >= 0.6 is 0 Å². The van der Waals surface area contributed by atoms with Crippen LogP contribution < -0.4 is 10.5 Å². The van der Waals surface area contributed by atoms with Crippen molar-refractivity contribution in [2.75, 3.05) is 39.8 Å². The lowest BCUT2D eigenvalue weighted by atomic mass is 10.2. The Kier molecular flexibility index (Phi) is 5.21. The van der Waals surface area contributed by atoms with Crippen LogP contribution in [-0.2, 0) is 10.0 Å². The van der Waals surface area contributed by atoms with Crippen molar-refractivity contribution in [1.29, 1.82) is 0 Å². The predicted molar refractivity (Wildman–Crippen MR) is 81.8 cm³/mol. The number of hydrogen-bond acceptors (Lipinski definition) is 5. The zero-order valence-electron chi connectivity index (χ0n) is 12.5. The van der Waals surface area contributed by atoms with E-state index in [4.69, 9.17) is 10.5 Å². The summed E-state index contributed by atoms with van der Waals surface area (Å²) in [6, 6.07) is 6.74. The average Bonchev–Trinajstić information content (AvgIpc) is 2.48. The highest BCUT2D eigenvalue weighted by atomic mass is 32.2. The Morgan fingerprint density at radius 2 is 1.95 bits per heavy atom. The first-order valence-corrected chi connectivity index (χ1v) is 8.52. The summed E-state index contributed by atoms with van der Waals surface area (Å²) in [7, 11) is -1.42. The third kappa shape index (κ3) is 3.74. The van der Waals surface area contributed by atoms with Crippen molar-refractivity contribution in [3.63, 3.8) is 0 Å². The molecule has 2 N–H and O–H groups in total. The van der Waals surface area contributed by atoms with E-state index in [1.54, 1.807) is 28.6 Å². The molecular weight excluding hydrogens is 290 g/mol. The number of ether oxygens (including phenoxy) is 1. The standard InChI is InChI=1S/C14H23N3O3S/c1-12-11-17(9-8-16(12)2)21(18,19)14-5-3-13(4-6-14)20-10-7-15/h3-6,12H,7-11,15H2,1-2H3. The van der Waals surface area contributed by atoms with Gasteiger partial charge in [0.2, 0.25) is 10.0 Å². The molecule has 21 heavy (non-hydrogen) atoms. The largest absolute Gasteiger partial charge is 0.492 e. The minimum absolute atomic E-state index is 0.223. The third-order valence-electron chi connectivity index (χ3n) is 3.77. The first-order chi connectivity index (χ1) is 9.95. The second-order valence-electron chi connectivity index (χ2n) is 5.30. The summed E-state index contributed by atoms with van der Waals surface area (Å²) >= 11 is 0. The maximum absolute atomic E-state index is 12.6. The predicted octanol–water partition coefficient (Wildman–Crippen LogP) is 0.349. The Hall–Kier alpha value is -1.15. The molecule has 1 heterocycles. The van der Waals surface area contributed by atoms with Gasteiger partial charge in [-0.1, -0.05) is 0 Å². The second-order valence-corrected chi connectivity index (χ2v) is 7.24. The summed E-state index contributed by atoms with van der Waals surface area (Å²) in [5.41, 5.74) is 5.37. The zero-order chi connectivity index (χ0) is 15.5. The second kappa shape index (κ2) is 6.74. The molecule has 1 unspecified atom stereocenters. The number of sulfonamides is 1. The lowest BCUT2D eigenvalue weighted by Crippen LogP contribution is -2.51. The van der Waals surface area contributed by atoms with Gasteiger partial charge in [0.25, 0.3) is 0 Å². The van der Waals surface area contributed by atoms with Crippen LogP contribution in [0.4, 0.5) is 0 Å². The van der Waals surface area contributed by atoms with Crippen molar-refractivity contribution in [1.82, 2.24) is 9.21 Å². The molecule has 0 amide bonds. The number of nitrogens with zero attached hydrogens (tertiary/aromatic N) is 2. The van der Waals surface area contributed by atoms with Gasteiger partial charge in [0.15, 0.2) is 0 Å². The molecule has 1 saturated heterocycles. The fraction of sp³-hybridized carbons (Fsp3) is 0.571. The monoisotopic (exact) mass is 313 g/mol. The van der Waals surface area contributed by atoms with Crippen LogP contribution in [0.3, 0.4) is 0 Å². The average molecular weight is 313 g/mol. The molecule has 0 aliphatic carbocycles. The van der Waals surface area contributed by atoms with Crippen molar-refractivity contribution in [3.05, 3.63) is 24.3 Å². The van der Waals surface area contributed by atoms with Crippen LogP contribution in [0.2, 0.25) is 0 Å². The van der Waals surface area contributed by atoms with E-state index in [9.17, 15) is 8.42 Å². The van der Waals surface area contributed by atoms with Crippen molar-refractivity contribution in [2.45, 2.75) is 17.9 Å². The molecule has 6 nitrogen and oxygen atoms in total. The van der Waals surface area contributed by atoms with E-state index in [1.807, 2.05) is 14.0 Å². The zero-order valence-corrected chi connectivity index (χ0v) is 13.3. The molecule has 1 aromatic carbocycles. The Balaban J connectivity index is 2.12. The van der Waals surface area contributed by atoms with Gasteiger partial charge < -0.3 is 15.4 Å². The highest BCUT2D eigenvalue weighted by Crippen LogP contribution is 2.21. The van der Waals surface area contributed by atoms with Crippen molar-refractivity contribution in [2.24, 2.45) is 5.73 Å². The fourth-order valence-electron chi connectivity index (χ4n) is 2.27. The number of nitrogens with two attached hydrogens (primary N) is 1. The number of likely N-dealkylation sites (N-methyl/N-ethyl adjacent to an activating group) is 1. The van der Waals surface area contributed by atoms with Gasteiger partial charge in [-0.2, -0.15) is 4.31 Å². The number of hydrogen-bond donors (Lipinski definition) is 1. The van der Waals surface area contributed by atoms with Crippen LogP contribution in [-0.4, -0.2) is 63.5 Å². The maximum atomic E-state index is 12.6. The fourth-order valence-corrected chi connectivity index (χ4v) is 3.78. The topological polar surface area (TPSA) is 75.9 Å². The molecular formula is C14H23N3O3S. The van der Waals surface area contributed by atoms with Gasteiger partial charge in [-0.25, -0.2) is 8.42 Å². The van der Waals surface area contributed by atoms with Crippen molar-refractivity contribution >= 4 is 10.0 Å². The molecule has 7 heteroatoms. The van der Waals surface area contributed by atoms with Gasteiger partial charge >= 0.3 is 0 Å². The Labute approximate surface area is 126 Å². The van der Waals surface area contributed by atoms with Crippen LogP contribution in [0.15, 0.2) is 29.2 Å². The molecule has 0 bridgehead atoms. The third-order valence-corrected chi connectivity index (χ3v) is 5.65. The molecule has 0 saturated carbocycles. The normalized spacial score (nSPS) is 21.4. The molecule has 1 aromatic rings. The molecule has 118 valence electrons. The SMILES string of the molecule is CC1CN(S(=O)(=O)c2ccc(OCCN)cc2)CCN1C. The van der Waals surface area contributed by atoms with E-state index >= 15 is 0 Å². The van der Waals surface area contributed by atoms with Gasteiger partial charge in [0, 0.05) is 32.2 Å². The van der Waals surface area contributed by atoms with E-state index < -0.39 is 10.0 Å². The van der Waals surface area contributed by atoms with E-state index in [-0.39, 0.29) is 6.04 Å². The summed E-state index contributed by atoms with van der Waals surface area (Å²) in [6.07, 6.45) is 0. The van der Waals surface area contributed by atoms with E-state index in [1.165, 1.54) is 0 Å². The molecule has 1 fully saturated rings. The highest BCUT2D eigenvalue weighted by Gasteiger charge is 2.30. The summed E-state index contributed by atoms with van der Waals surface area (Å²) in [5.74, 6) is 0.631. The van der Waals surface area contributed by atoms with Gasteiger partial charge in [-0.05, 0) is 38.2 Å². The summed E-state index contributed by atoms with van der Waals surface area (Å²) < 4.78 is 32.1. The van der Waals surface area contributed by atoms with Gasteiger partial charge in [-0.15, -0.1) is 0 Å². The maximum Gasteiger partial charge on any atom is 0.243 e. The van der Waals surface area contributed by atoms with Crippen LogP contribution in [0.5, 0.6) is 5.75 Å². The molecule has 0 aromatic heterocycles. The minimum atomic E-state index is -3.43. The number of piperazine rings is 1. The quantitative estimate of drug-likeness (QED) is 0.849. The molecule has 0 spiro atoms. The van der Waals surface area contributed by atoms with Crippen LogP contribution in [0, 0.1) is 0 Å². The molecule has 1 atom stereocenters. The minimum Gasteiger partial charge on any atom is -0.492 e. The van der Waals surface area contributed by atoms with E-state index in [2.05, 4.69) is 4.90 Å². The lowest BCUT2D eigenvalue weighted by Gasteiger charge is -2.36. The number of benzene rings is 1. The van der Waals surface area contributed by atoms with E-state index in [0.717, 1.165) is 6.54 Å². The summed E-state index contributed by atoms with van der Waals surface area (Å²) in [4.78, 5) is 2.47. The van der Waals surface area contributed by atoms with E-state index in [0.29, 0.717) is 36.9 Å².